The van der Waals surface area contributed by atoms with E-state index in [-0.39, 0.29) is 18.9 Å². The lowest BCUT2D eigenvalue weighted by atomic mass is 9.98. The Balaban J connectivity index is 2.04. The molecule has 1 aromatic rings. The summed E-state index contributed by atoms with van der Waals surface area (Å²) in [5, 5.41) is 11.8. The zero-order valence-electron chi connectivity index (χ0n) is 14.1. The van der Waals surface area contributed by atoms with Gasteiger partial charge in [0.25, 0.3) is 5.91 Å². The van der Waals surface area contributed by atoms with E-state index in [4.69, 9.17) is 14.6 Å². The Morgan fingerprint density at radius 1 is 1.29 bits per heavy atom. The van der Waals surface area contributed by atoms with Crippen molar-refractivity contribution in [1.82, 2.24) is 5.32 Å². The van der Waals surface area contributed by atoms with Crippen LogP contribution in [0.1, 0.15) is 23.7 Å². The molecular formula is C17H24N2O5. The number of hydrogen-bond acceptors (Lipinski definition) is 5. The Morgan fingerprint density at radius 3 is 2.46 bits per heavy atom. The number of anilines is 1. The number of aliphatic carboxylic acids is 1. The molecule has 1 aliphatic heterocycles. The van der Waals surface area contributed by atoms with E-state index in [1.54, 1.807) is 19.1 Å². The molecule has 0 saturated carbocycles. The molecule has 1 fully saturated rings. The van der Waals surface area contributed by atoms with Gasteiger partial charge in [0.15, 0.2) is 0 Å². The van der Waals surface area contributed by atoms with Gasteiger partial charge in [-0.15, -0.1) is 0 Å². The van der Waals surface area contributed by atoms with E-state index in [0.717, 1.165) is 18.8 Å². The average Bonchev–Trinajstić information content (AvgIpc) is 2.55. The Bertz CT molecular complexity index is 569. The van der Waals surface area contributed by atoms with Crippen LogP contribution >= 0.6 is 0 Å². The smallest absolute Gasteiger partial charge is 0.305 e. The molecule has 1 aromatic carbocycles. The predicted octanol–water partition coefficient (Wildman–Crippen LogP) is 1.13. The third kappa shape index (κ3) is 4.94. The molecule has 7 heteroatoms. The van der Waals surface area contributed by atoms with Crippen molar-refractivity contribution in [1.29, 1.82) is 0 Å². The number of nitrogens with zero attached hydrogens (tertiary/aromatic N) is 1. The van der Waals surface area contributed by atoms with Crippen LogP contribution in [-0.4, -0.2) is 62.5 Å². The van der Waals surface area contributed by atoms with Gasteiger partial charge in [0, 0.05) is 31.5 Å². The average molecular weight is 336 g/mol. The van der Waals surface area contributed by atoms with Gasteiger partial charge in [-0.25, -0.2) is 0 Å². The second-order valence-electron chi connectivity index (χ2n) is 6.16. The molecular weight excluding hydrogens is 312 g/mol. The summed E-state index contributed by atoms with van der Waals surface area (Å²) in [6.45, 7) is 4.84. The van der Waals surface area contributed by atoms with Crippen molar-refractivity contribution in [3.8, 4) is 0 Å². The summed E-state index contributed by atoms with van der Waals surface area (Å²) < 4.78 is 10.4. The third-order valence-electron chi connectivity index (χ3n) is 3.93. The lowest BCUT2D eigenvalue weighted by Crippen LogP contribution is -2.50. The second-order valence-corrected chi connectivity index (χ2v) is 6.16. The highest BCUT2D eigenvalue weighted by atomic mass is 16.5. The first kappa shape index (κ1) is 18.2. The van der Waals surface area contributed by atoms with Gasteiger partial charge in [-0.1, -0.05) is 0 Å². The number of carboxylic acid groups (broad SMARTS) is 1. The van der Waals surface area contributed by atoms with Crippen LogP contribution in [0.3, 0.4) is 0 Å². The van der Waals surface area contributed by atoms with Crippen LogP contribution in [0.5, 0.6) is 0 Å². The van der Waals surface area contributed by atoms with Crippen LogP contribution in [0.15, 0.2) is 24.3 Å². The number of carbonyl (C=O) groups is 2. The lowest BCUT2D eigenvalue weighted by molar-refractivity contribution is -0.139. The third-order valence-corrected chi connectivity index (χ3v) is 3.93. The van der Waals surface area contributed by atoms with Gasteiger partial charge in [-0.05, 0) is 31.2 Å². The molecule has 1 saturated heterocycles. The van der Waals surface area contributed by atoms with Crippen molar-refractivity contribution >= 4 is 17.6 Å². The van der Waals surface area contributed by atoms with E-state index in [9.17, 15) is 9.59 Å². The van der Waals surface area contributed by atoms with Gasteiger partial charge < -0.3 is 24.8 Å². The molecule has 2 N–H and O–H groups in total. The van der Waals surface area contributed by atoms with Crippen molar-refractivity contribution in [3.05, 3.63) is 29.8 Å². The first-order chi connectivity index (χ1) is 11.4. The number of amides is 1. The predicted molar refractivity (Wildman–Crippen MR) is 89.5 cm³/mol. The quantitative estimate of drug-likeness (QED) is 0.776. The Kier molecular flexibility index (Phi) is 6.16. The molecule has 24 heavy (non-hydrogen) atoms. The van der Waals surface area contributed by atoms with Crippen molar-refractivity contribution in [3.63, 3.8) is 0 Å². The molecule has 0 aliphatic carbocycles. The summed E-state index contributed by atoms with van der Waals surface area (Å²) in [5.41, 5.74) is 0.570. The molecule has 0 spiro atoms. The fourth-order valence-electron chi connectivity index (χ4n) is 2.78. The number of ether oxygens (including phenoxy) is 2. The van der Waals surface area contributed by atoms with Crippen molar-refractivity contribution in [2.45, 2.75) is 18.9 Å². The Labute approximate surface area is 141 Å². The minimum Gasteiger partial charge on any atom is -0.481 e. The van der Waals surface area contributed by atoms with Gasteiger partial charge in [-0.2, -0.15) is 0 Å². The molecule has 1 unspecified atom stereocenters. The Morgan fingerprint density at radius 2 is 1.92 bits per heavy atom. The highest BCUT2D eigenvalue weighted by Crippen LogP contribution is 2.18. The zero-order chi connectivity index (χ0) is 17.6. The topological polar surface area (TPSA) is 88.1 Å². The molecule has 2 rings (SSSR count). The van der Waals surface area contributed by atoms with Crippen LogP contribution < -0.4 is 10.2 Å². The van der Waals surface area contributed by atoms with Crippen LogP contribution in [0, 0.1) is 0 Å². The number of carboxylic acids is 1. The molecule has 7 nitrogen and oxygen atoms in total. The van der Waals surface area contributed by atoms with E-state index in [1.807, 2.05) is 12.1 Å². The second kappa shape index (κ2) is 8.12. The molecule has 0 radical (unpaired) electrons. The summed E-state index contributed by atoms with van der Waals surface area (Å²) in [5.74, 6) is -1.30. The van der Waals surface area contributed by atoms with E-state index >= 15 is 0 Å². The molecule has 1 amide bonds. The summed E-state index contributed by atoms with van der Waals surface area (Å²) in [7, 11) is 1.48. The standard InChI is InChI=1S/C17H24N2O5/c1-17(12-23-2,11-15(20)21)18-16(22)13-3-5-14(6-4-13)19-7-9-24-10-8-19/h3-6H,7-12H2,1-2H3,(H,18,22)(H,20,21). The zero-order valence-corrected chi connectivity index (χ0v) is 14.1. The van der Waals surface area contributed by atoms with E-state index < -0.39 is 11.5 Å². The molecule has 0 aromatic heterocycles. The van der Waals surface area contributed by atoms with Crippen LogP contribution in [0.4, 0.5) is 5.69 Å². The highest BCUT2D eigenvalue weighted by molar-refractivity contribution is 5.95. The summed E-state index contributed by atoms with van der Waals surface area (Å²) in [4.78, 5) is 25.6. The fraction of sp³-hybridized carbons (Fsp3) is 0.529. The molecule has 1 aliphatic rings. The number of nitrogens with one attached hydrogen (secondary N) is 1. The van der Waals surface area contributed by atoms with Gasteiger partial charge in [0.1, 0.15) is 0 Å². The van der Waals surface area contributed by atoms with Gasteiger partial charge in [0.2, 0.25) is 0 Å². The molecule has 1 heterocycles. The maximum atomic E-state index is 12.4. The monoisotopic (exact) mass is 336 g/mol. The van der Waals surface area contributed by atoms with Gasteiger partial charge in [-0.3, -0.25) is 9.59 Å². The lowest BCUT2D eigenvalue weighted by Gasteiger charge is -2.29. The largest absolute Gasteiger partial charge is 0.481 e. The molecule has 132 valence electrons. The summed E-state index contributed by atoms with van der Waals surface area (Å²) in [6.07, 6.45) is -0.210. The summed E-state index contributed by atoms with van der Waals surface area (Å²) >= 11 is 0. The SMILES string of the molecule is COCC(C)(CC(=O)O)NC(=O)c1ccc(N2CCOCC2)cc1. The first-order valence-corrected chi connectivity index (χ1v) is 7.89. The highest BCUT2D eigenvalue weighted by Gasteiger charge is 2.30. The summed E-state index contributed by atoms with van der Waals surface area (Å²) in [6, 6.07) is 7.28. The van der Waals surface area contributed by atoms with E-state index in [2.05, 4.69) is 10.2 Å². The maximum absolute atomic E-state index is 12.4. The number of carbonyl (C=O) groups excluding carboxylic acids is 1. The Hall–Kier alpha value is -2.12. The van der Waals surface area contributed by atoms with E-state index in [1.165, 1.54) is 7.11 Å². The van der Waals surface area contributed by atoms with Crippen molar-refractivity contribution in [2.24, 2.45) is 0 Å². The number of rotatable bonds is 7. The number of morpholine rings is 1. The van der Waals surface area contributed by atoms with Crippen LogP contribution in [0.2, 0.25) is 0 Å². The normalized spacial score (nSPS) is 17.2. The van der Waals surface area contributed by atoms with Crippen LogP contribution in [-0.2, 0) is 14.3 Å². The number of hydrogen-bond donors (Lipinski definition) is 2. The molecule has 1 atom stereocenters. The van der Waals surface area contributed by atoms with Crippen molar-refractivity contribution in [2.75, 3.05) is 44.9 Å². The number of benzene rings is 1. The van der Waals surface area contributed by atoms with Gasteiger partial charge in [0.05, 0.1) is 31.8 Å². The minimum atomic E-state index is -0.988. The minimum absolute atomic E-state index is 0.122. The van der Waals surface area contributed by atoms with Crippen molar-refractivity contribution < 1.29 is 24.2 Å². The first-order valence-electron chi connectivity index (χ1n) is 7.89. The maximum Gasteiger partial charge on any atom is 0.305 e. The number of methoxy groups -OCH3 is 1. The fourth-order valence-corrected chi connectivity index (χ4v) is 2.78. The van der Waals surface area contributed by atoms with E-state index in [0.29, 0.717) is 18.8 Å². The molecule has 0 bridgehead atoms. The van der Waals surface area contributed by atoms with Crippen LogP contribution in [0.25, 0.3) is 0 Å². The van der Waals surface area contributed by atoms with Gasteiger partial charge >= 0.3 is 5.97 Å².